The lowest BCUT2D eigenvalue weighted by Crippen LogP contribution is -2.45. The van der Waals surface area contributed by atoms with Crippen molar-refractivity contribution in [2.24, 2.45) is 0 Å². The van der Waals surface area contributed by atoms with Gasteiger partial charge < -0.3 is 5.11 Å². The number of carboxylic acid groups (broad SMARTS) is 1. The van der Waals surface area contributed by atoms with Crippen LogP contribution in [-0.2, 0) is 9.59 Å². The van der Waals surface area contributed by atoms with Gasteiger partial charge >= 0.3 is 11.9 Å². The Morgan fingerprint density at radius 2 is 2.18 bits per heavy atom. The zero-order valence-corrected chi connectivity index (χ0v) is 10.5. The molecule has 5 heteroatoms. The van der Waals surface area contributed by atoms with Gasteiger partial charge in [0.25, 0.3) is 0 Å². The van der Waals surface area contributed by atoms with Gasteiger partial charge in [0, 0.05) is 16.7 Å². The van der Waals surface area contributed by atoms with Gasteiger partial charge in [-0.15, -0.1) is 11.8 Å². The van der Waals surface area contributed by atoms with Crippen LogP contribution < -0.4 is 4.90 Å². The Hall–Kier alpha value is -1.49. The standard InChI is InChI=1S/C12H13NO3S/c1-7-3-4-10-9(5-7)13(8(2)6-17-10)11(14)12(15)16/h3-5,8H,6H2,1-2H3,(H,15,16). The molecule has 1 aromatic carbocycles. The molecule has 2 rings (SSSR count). The number of hydrogen-bond acceptors (Lipinski definition) is 3. The second-order valence-corrected chi connectivity index (χ2v) is 5.17. The highest BCUT2D eigenvalue weighted by Gasteiger charge is 2.32. The number of amides is 1. The van der Waals surface area contributed by atoms with Crippen LogP contribution in [0.4, 0.5) is 5.69 Å². The minimum absolute atomic E-state index is 0.0992. The first-order valence-electron chi connectivity index (χ1n) is 5.30. The summed E-state index contributed by atoms with van der Waals surface area (Å²) in [6.45, 7) is 3.78. The summed E-state index contributed by atoms with van der Waals surface area (Å²) in [4.78, 5) is 24.9. The maximum Gasteiger partial charge on any atom is 0.394 e. The number of carboxylic acids is 1. The zero-order chi connectivity index (χ0) is 12.6. The topological polar surface area (TPSA) is 57.6 Å². The number of carbonyl (C=O) groups excluding carboxylic acids is 1. The molecular weight excluding hydrogens is 238 g/mol. The Bertz CT molecular complexity index is 487. The third-order valence-electron chi connectivity index (χ3n) is 2.70. The fourth-order valence-corrected chi connectivity index (χ4v) is 2.91. The van der Waals surface area contributed by atoms with Crippen LogP contribution in [-0.4, -0.2) is 28.8 Å². The Morgan fingerprint density at radius 3 is 2.82 bits per heavy atom. The normalized spacial score (nSPS) is 18.7. The number of carbonyl (C=O) groups is 2. The number of benzene rings is 1. The Labute approximate surface area is 104 Å². The van der Waals surface area contributed by atoms with Crippen molar-refractivity contribution in [3.8, 4) is 0 Å². The van der Waals surface area contributed by atoms with Crippen molar-refractivity contribution in [1.29, 1.82) is 0 Å². The van der Waals surface area contributed by atoms with Crippen LogP contribution in [0, 0.1) is 6.92 Å². The van der Waals surface area contributed by atoms with Crippen molar-refractivity contribution < 1.29 is 14.7 Å². The SMILES string of the molecule is Cc1ccc2c(c1)N(C(=O)C(=O)O)C(C)CS2. The van der Waals surface area contributed by atoms with E-state index in [1.165, 1.54) is 4.90 Å². The number of rotatable bonds is 0. The number of nitrogens with zero attached hydrogens (tertiary/aromatic N) is 1. The van der Waals surface area contributed by atoms with Crippen molar-refractivity contribution in [3.63, 3.8) is 0 Å². The fraction of sp³-hybridized carbons (Fsp3) is 0.333. The largest absolute Gasteiger partial charge is 0.474 e. The summed E-state index contributed by atoms with van der Waals surface area (Å²) in [7, 11) is 0. The highest BCUT2D eigenvalue weighted by molar-refractivity contribution is 7.99. The van der Waals surface area contributed by atoms with E-state index in [2.05, 4.69) is 0 Å². The van der Waals surface area contributed by atoms with Gasteiger partial charge in [0.1, 0.15) is 0 Å². The lowest BCUT2D eigenvalue weighted by atomic mass is 10.1. The molecule has 0 aliphatic carbocycles. The van der Waals surface area contributed by atoms with Crippen LogP contribution >= 0.6 is 11.8 Å². The van der Waals surface area contributed by atoms with Crippen LogP contribution in [0.2, 0.25) is 0 Å². The smallest absolute Gasteiger partial charge is 0.394 e. The number of hydrogen-bond donors (Lipinski definition) is 1. The number of aliphatic carboxylic acids is 1. The van der Waals surface area contributed by atoms with E-state index in [-0.39, 0.29) is 6.04 Å². The van der Waals surface area contributed by atoms with E-state index >= 15 is 0 Å². The Balaban J connectivity index is 2.49. The van der Waals surface area contributed by atoms with Crippen molar-refractivity contribution in [2.45, 2.75) is 24.8 Å². The van der Waals surface area contributed by atoms with Crippen LogP contribution in [0.1, 0.15) is 12.5 Å². The van der Waals surface area contributed by atoms with Crippen LogP contribution in [0.25, 0.3) is 0 Å². The molecule has 0 bridgehead atoms. The molecule has 1 amide bonds. The first-order chi connectivity index (χ1) is 8.00. The molecular formula is C12H13NO3S. The summed E-state index contributed by atoms with van der Waals surface area (Å²) >= 11 is 1.65. The zero-order valence-electron chi connectivity index (χ0n) is 9.64. The summed E-state index contributed by atoms with van der Waals surface area (Å²) in [5, 5.41) is 8.85. The van der Waals surface area contributed by atoms with E-state index < -0.39 is 11.9 Å². The molecule has 0 spiro atoms. The van der Waals surface area contributed by atoms with Crippen molar-refractivity contribution in [3.05, 3.63) is 23.8 Å². The second-order valence-electron chi connectivity index (χ2n) is 4.11. The van der Waals surface area contributed by atoms with Gasteiger partial charge in [-0.25, -0.2) is 4.79 Å². The molecule has 90 valence electrons. The molecule has 1 heterocycles. The number of fused-ring (bicyclic) bond motifs is 1. The second kappa shape index (κ2) is 4.41. The van der Waals surface area contributed by atoms with Crippen LogP contribution in [0.3, 0.4) is 0 Å². The molecule has 17 heavy (non-hydrogen) atoms. The van der Waals surface area contributed by atoms with Gasteiger partial charge in [0.15, 0.2) is 0 Å². The predicted octanol–water partition coefficient (Wildman–Crippen LogP) is 1.91. The lowest BCUT2D eigenvalue weighted by Gasteiger charge is -2.33. The summed E-state index contributed by atoms with van der Waals surface area (Å²) in [6.07, 6.45) is 0. The highest BCUT2D eigenvalue weighted by Crippen LogP contribution is 2.37. The monoisotopic (exact) mass is 251 g/mol. The molecule has 0 saturated heterocycles. The van der Waals surface area contributed by atoms with E-state index in [4.69, 9.17) is 5.11 Å². The first-order valence-corrected chi connectivity index (χ1v) is 6.29. The molecule has 4 nitrogen and oxygen atoms in total. The minimum atomic E-state index is -1.41. The Morgan fingerprint density at radius 1 is 1.47 bits per heavy atom. The summed E-state index contributed by atoms with van der Waals surface area (Å²) < 4.78 is 0. The van der Waals surface area contributed by atoms with Gasteiger partial charge in [-0.2, -0.15) is 0 Å². The van der Waals surface area contributed by atoms with E-state index in [0.29, 0.717) is 5.69 Å². The first kappa shape index (κ1) is 12.0. The highest BCUT2D eigenvalue weighted by atomic mass is 32.2. The summed E-state index contributed by atoms with van der Waals surface area (Å²) in [6, 6.07) is 5.66. The fourth-order valence-electron chi connectivity index (χ4n) is 1.87. The average Bonchev–Trinajstić information content (AvgIpc) is 2.27. The minimum Gasteiger partial charge on any atom is -0.474 e. The van der Waals surface area contributed by atoms with E-state index in [1.54, 1.807) is 11.8 Å². The van der Waals surface area contributed by atoms with E-state index in [1.807, 2.05) is 32.0 Å². The van der Waals surface area contributed by atoms with Crippen molar-refractivity contribution in [1.82, 2.24) is 0 Å². The third kappa shape index (κ3) is 2.15. The molecule has 0 fully saturated rings. The number of aryl methyl sites for hydroxylation is 1. The molecule has 1 atom stereocenters. The molecule has 1 aliphatic rings. The maximum atomic E-state index is 11.7. The lowest BCUT2D eigenvalue weighted by molar-refractivity contribution is -0.149. The third-order valence-corrected chi connectivity index (χ3v) is 4.00. The quantitative estimate of drug-likeness (QED) is 0.716. The van der Waals surface area contributed by atoms with Crippen LogP contribution in [0.5, 0.6) is 0 Å². The molecule has 1 aromatic rings. The molecule has 1 unspecified atom stereocenters. The molecule has 0 saturated carbocycles. The Kier molecular flexibility index (Phi) is 3.11. The molecule has 0 aromatic heterocycles. The molecule has 1 N–H and O–H groups in total. The van der Waals surface area contributed by atoms with E-state index in [0.717, 1.165) is 16.2 Å². The predicted molar refractivity (Wildman–Crippen MR) is 66.5 cm³/mol. The van der Waals surface area contributed by atoms with Crippen molar-refractivity contribution >= 4 is 29.3 Å². The van der Waals surface area contributed by atoms with Gasteiger partial charge in [-0.05, 0) is 31.5 Å². The van der Waals surface area contributed by atoms with Gasteiger partial charge in [-0.3, -0.25) is 9.69 Å². The average molecular weight is 251 g/mol. The summed E-state index contributed by atoms with van der Waals surface area (Å²) in [5.74, 6) is -1.55. The van der Waals surface area contributed by atoms with Gasteiger partial charge in [-0.1, -0.05) is 6.07 Å². The maximum absolute atomic E-state index is 11.7. The number of anilines is 1. The van der Waals surface area contributed by atoms with Crippen LogP contribution in [0.15, 0.2) is 23.1 Å². The van der Waals surface area contributed by atoms with Crippen molar-refractivity contribution in [2.75, 3.05) is 10.7 Å². The van der Waals surface area contributed by atoms with Gasteiger partial charge in [0.2, 0.25) is 0 Å². The summed E-state index contributed by atoms with van der Waals surface area (Å²) in [5.41, 5.74) is 1.72. The van der Waals surface area contributed by atoms with E-state index in [9.17, 15) is 9.59 Å². The number of thioether (sulfide) groups is 1. The van der Waals surface area contributed by atoms with Gasteiger partial charge in [0.05, 0.1) is 5.69 Å². The molecule has 0 radical (unpaired) electrons. The molecule has 1 aliphatic heterocycles.